The Morgan fingerprint density at radius 3 is 2.94 bits per heavy atom. The molecular weight excluding hydrogens is 216 g/mol. The van der Waals surface area contributed by atoms with Gasteiger partial charge in [0.15, 0.2) is 0 Å². The van der Waals surface area contributed by atoms with E-state index in [1.165, 1.54) is 0 Å². The maximum Gasteiger partial charge on any atom is 0.223 e. The highest BCUT2D eigenvalue weighted by molar-refractivity contribution is 5.61. The quantitative estimate of drug-likeness (QED) is 0.735. The van der Waals surface area contributed by atoms with Gasteiger partial charge in [-0.15, -0.1) is 0 Å². The van der Waals surface area contributed by atoms with E-state index in [0.717, 1.165) is 11.3 Å². The van der Waals surface area contributed by atoms with Gasteiger partial charge in [0.25, 0.3) is 0 Å². The van der Waals surface area contributed by atoms with Gasteiger partial charge in [-0.2, -0.15) is 0 Å². The third-order valence-corrected chi connectivity index (χ3v) is 2.22. The molecule has 4 N–H and O–H groups in total. The van der Waals surface area contributed by atoms with E-state index in [-0.39, 0.29) is 5.75 Å². The van der Waals surface area contributed by atoms with E-state index in [0.29, 0.717) is 19.0 Å². The van der Waals surface area contributed by atoms with Crippen molar-refractivity contribution in [3.8, 4) is 17.0 Å². The van der Waals surface area contributed by atoms with Gasteiger partial charge >= 0.3 is 0 Å². The molecule has 0 saturated carbocycles. The molecule has 5 nitrogen and oxygen atoms in total. The number of aromatic hydroxyl groups is 1. The fraction of sp³-hybridized carbons (Fsp3) is 0.167. The molecule has 17 heavy (non-hydrogen) atoms. The molecule has 0 aliphatic carbocycles. The van der Waals surface area contributed by atoms with Crippen LogP contribution in [0.4, 0.5) is 5.95 Å². The molecule has 1 heterocycles. The molecular formula is C12H14N4O. The minimum Gasteiger partial charge on any atom is -0.508 e. The molecule has 0 aliphatic heterocycles. The number of aromatic nitrogens is 2. The largest absolute Gasteiger partial charge is 0.508 e. The molecule has 2 aromatic rings. The highest BCUT2D eigenvalue weighted by Crippen LogP contribution is 2.21. The number of phenolic OH excluding ortho intramolecular Hbond substituents is 1. The van der Waals surface area contributed by atoms with Gasteiger partial charge in [0.2, 0.25) is 5.95 Å². The summed E-state index contributed by atoms with van der Waals surface area (Å²) in [5.74, 6) is 0.758. The van der Waals surface area contributed by atoms with E-state index in [9.17, 15) is 5.11 Å². The van der Waals surface area contributed by atoms with Gasteiger partial charge in [0.05, 0.1) is 5.69 Å². The minimum absolute atomic E-state index is 0.220. The number of nitrogens with zero attached hydrogens (tertiary/aromatic N) is 2. The van der Waals surface area contributed by atoms with Crippen molar-refractivity contribution in [1.29, 1.82) is 0 Å². The average molecular weight is 230 g/mol. The second-order valence-electron chi connectivity index (χ2n) is 3.53. The Morgan fingerprint density at radius 2 is 2.18 bits per heavy atom. The van der Waals surface area contributed by atoms with Crippen LogP contribution in [0, 0.1) is 0 Å². The fourth-order valence-electron chi connectivity index (χ4n) is 1.45. The Bertz CT molecular complexity index is 501. The van der Waals surface area contributed by atoms with Crippen molar-refractivity contribution < 1.29 is 5.11 Å². The summed E-state index contributed by atoms with van der Waals surface area (Å²) in [7, 11) is 0. The summed E-state index contributed by atoms with van der Waals surface area (Å²) in [5.41, 5.74) is 7.00. The molecule has 0 saturated heterocycles. The SMILES string of the molecule is NCCNc1nccc(-c2cccc(O)c2)n1. The Labute approximate surface area is 99.3 Å². The Balaban J connectivity index is 2.26. The number of hydrogen-bond donors (Lipinski definition) is 3. The molecule has 1 aromatic carbocycles. The van der Waals surface area contributed by atoms with Crippen LogP contribution in [0.3, 0.4) is 0 Å². The number of benzene rings is 1. The van der Waals surface area contributed by atoms with E-state index in [4.69, 9.17) is 5.73 Å². The topological polar surface area (TPSA) is 84.1 Å². The number of hydrogen-bond acceptors (Lipinski definition) is 5. The van der Waals surface area contributed by atoms with E-state index < -0.39 is 0 Å². The van der Waals surface area contributed by atoms with Crippen LogP contribution in [0.2, 0.25) is 0 Å². The third-order valence-electron chi connectivity index (χ3n) is 2.22. The van der Waals surface area contributed by atoms with Crippen LogP contribution in [0.15, 0.2) is 36.5 Å². The molecule has 1 aromatic heterocycles. The fourth-order valence-corrected chi connectivity index (χ4v) is 1.45. The molecule has 0 unspecified atom stereocenters. The van der Waals surface area contributed by atoms with E-state index in [2.05, 4.69) is 15.3 Å². The van der Waals surface area contributed by atoms with Gasteiger partial charge in [-0.3, -0.25) is 0 Å². The number of anilines is 1. The Morgan fingerprint density at radius 1 is 1.29 bits per heavy atom. The summed E-state index contributed by atoms with van der Waals surface area (Å²) in [5, 5.41) is 12.4. The first-order valence-electron chi connectivity index (χ1n) is 5.36. The minimum atomic E-state index is 0.220. The predicted octanol–water partition coefficient (Wildman–Crippen LogP) is 1.22. The van der Waals surface area contributed by atoms with Gasteiger partial charge in [-0.25, -0.2) is 9.97 Å². The van der Waals surface area contributed by atoms with Gasteiger partial charge in [-0.1, -0.05) is 12.1 Å². The molecule has 0 aliphatic rings. The third kappa shape index (κ3) is 2.92. The van der Waals surface area contributed by atoms with Crippen molar-refractivity contribution in [2.75, 3.05) is 18.4 Å². The summed E-state index contributed by atoms with van der Waals surface area (Å²) in [4.78, 5) is 8.42. The number of nitrogens with two attached hydrogens (primary N) is 1. The maximum absolute atomic E-state index is 9.41. The lowest BCUT2D eigenvalue weighted by atomic mass is 10.1. The van der Waals surface area contributed by atoms with Crippen LogP contribution in [0.1, 0.15) is 0 Å². The van der Waals surface area contributed by atoms with Crippen LogP contribution < -0.4 is 11.1 Å². The van der Waals surface area contributed by atoms with Crippen LogP contribution >= 0.6 is 0 Å². The van der Waals surface area contributed by atoms with E-state index >= 15 is 0 Å². The van der Waals surface area contributed by atoms with Crippen LogP contribution in [-0.2, 0) is 0 Å². The van der Waals surface area contributed by atoms with Crippen LogP contribution in [0.5, 0.6) is 5.75 Å². The zero-order chi connectivity index (χ0) is 12.1. The molecule has 0 amide bonds. The molecule has 0 radical (unpaired) electrons. The lowest BCUT2D eigenvalue weighted by Gasteiger charge is -2.05. The first kappa shape index (κ1) is 11.3. The molecule has 5 heteroatoms. The summed E-state index contributed by atoms with van der Waals surface area (Å²) in [6.07, 6.45) is 1.67. The van der Waals surface area contributed by atoms with E-state index in [1.807, 2.05) is 6.07 Å². The van der Waals surface area contributed by atoms with Gasteiger partial charge < -0.3 is 16.2 Å². The number of nitrogens with one attached hydrogen (secondary N) is 1. The zero-order valence-corrected chi connectivity index (χ0v) is 9.30. The average Bonchev–Trinajstić information content (AvgIpc) is 2.37. The summed E-state index contributed by atoms with van der Waals surface area (Å²) >= 11 is 0. The highest BCUT2D eigenvalue weighted by atomic mass is 16.3. The predicted molar refractivity (Wildman–Crippen MR) is 66.7 cm³/mol. The van der Waals surface area contributed by atoms with Crippen molar-refractivity contribution in [2.24, 2.45) is 5.73 Å². The van der Waals surface area contributed by atoms with E-state index in [1.54, 1.807) is 30.5 Å². The van der Waals surface area contributed by atoms with Crippen molar-refractivity contribution in [3.63, 3.8) is 0 Å². The van der Waals surface area contributed by atoms with Crippen LogP contribution in [-0.4, -0.2) is 28.2 Å². The lowest BCUT2D eigenvalue weighted by molar-refractivity contribution is 0.475. The van der Waals surface area contributed by atoms with Crippen molar-refractivity contribution >= 4 is 5.95 Å². The number of rotatable bonds is 4. The summed E-state index contributed by atoms with van der Waals surface area (Å²) in [6, 6.07) is 8.74. The monoisotopic (exact) mass is 230 g/mol. The second kappa shape index (κ2) is 5.27. The summed E-state index contributed by atoms with van der Waals surface area (Å²) < 4.78 is 0. The molecule has 0 spiro atoms. The number of phenols is 1. The standard InChI is InChI=1S/C12H14N4O/c13-5-7-15-12-14-6-4-11(16-12)9-2-1-3-10(17)8-9/h1-4,6,8,17H,5,7,13H2,(H,14,15,16). The first-order valence-corrected chi connectivity index (χ1v) is 5.36. The second-order valence-corrected chi connectivity index (χ2v) is 3.53. The lowest BCUT2D eigenvalue weighted by Crippen LogP contribution is -2.14. The van der Waals surface area contributed by atoms with Crippen molar-refractivity contribution in [3.05, 3.63) is 36.5 Å². The molecule has 2 rings (SSSR count). The maximum atomic E-state index is 9.41. The van der Waals surface area contributed by atoms with Crippen LogP contribution in [0.25, 0.3) is 11.3 Å². The first-order chi connectivity index (χ1) is 8.29. The normalized spacial score (nSPS) is 10.2. The smallest absolute Gasteiger partial charge is 0.223 e. The molecule has 0 bridgehead atoms. The zero-order valence-electron chi connectivity index (χ0n) is 9.30. The molecule has 0 fully saturated rings. The van der Waals surface area contributed by atoms with Gasteiger partial charge in [0, 0.05) is 24.8 Å². The molecule has 0 atom stereocenters. The van der Waals surface area contributed by atoms with Crippen molar-refractivity contribution in [2.45, 2.75) is 0 Å². The highest BCUT2D eigenvalue weighted by Gasteiger charge is 2.02. The molecule has 88 valence electrons. The Kier molecular flexibility index (Phi) is 3.52. The summed E-state index contributed by atoms with van der Waals surface area (Å²) in [6.45, 7) is 1.16. The van der Waals surface area contributed by atoms with Gasteiger partial charge in [-0.05, 0) is 18.2 Å². The van der Waals surface area contributed by atoms with Gasteiger partial charge in [0.1, 0.15) is 5.75 Å². The van der Waals surface area contributed by atoms with Crippen molar-refractivity contribution in [1.82, 2.24) is 9.97 Å². The Hall–Kier alpha value is -2.14.